The topological polar surface area (TPSA) is 69.6 Å². The fourth-order valence-corrected chi connectivity index (χ4v) is 3.49. The van der Waals surface area contributed by atoms with Crippen molar-refractivity contribution in [3.05, 3.63) is 64.6 Å². The summed E-state index contributed by atoms with van der Waals surface area (Å²) in [6.07, 6.45) is 2.00. The molecule has 6 nitrogen and oxygen atoms in total. The molecule has 0 atom stereocenters. The van der Waals surface area contributed by atoms with Crippen LogP contribution in [0.3, 0.4) is 0 Å². The van der Waals surface area contributed by atoms with Crippen molar-refractivity contribution in [2.24, 2.45) is 5.41 Å². The molecule has 1 N–H and O–H groups in total. The highest BCUT2D eigenvalue weighted by Gasteiger charge is 2.16. The number of anilines is 1. The fourth-order valence-electron chi connectivity index (χ4n) is 3.49. The number of hydrogen-bond acceptors (Lipinski definition) is 4. The van der Waals surface area contributed by atoms with Crippen molar-refractivity contribution in [2.45, 2.75) is 33.7 Å². The van der Waals surface area contributed by atoms with Gasteiger partial charge < -0.3 is 19.4 Å². The molecule has 0 fully saturated rings. The standard InChI is InChI=1S/C23H24N2O4/c1-23(2,3)13-25-10-9-16-17(22(25)27)5-4-6-18(16)24-21(26)12-15-7-8-19-20(11-15)29-14-28-19/h4-11H,12-14H2,1-3H3,(H,24,26). The number of benzene rings is 2. The molecule has 2 aromatic carbocycles. The number of fused-ring (bicyclic) bond motifs is 2. The first-order valence-electron chi connectivity index (χ1n) is 9.61. The van der Waals surface area contributed by atoms with Crippen molar-refractivity contribution >= 4 is 22.4 Å². The van der Waals surface area contributed by atoms with Gasteiger partial charge >= 0.3 is 0 Å². The average Bonchev–Trinajstić information content (AvgIpc) is 3.11. The lowest BCUT2D eigenvalue weighted by atomic mass is 9.96. The Balaban J connectivity index is 1.57. The lowest BCUT2D eigenvalue weighted by Crippen LogP contribution is -2.26. The second-order valence-corrected chi connectivity index (χ2v) is 8.49. The van der Waals surface area contributed by atoms with Gasteiger partial charge in [-0.05, 0) is 41.3 Å². The highest BCUT2D eigenvalue weighted by molar-refractivity contribution is 6.02. The third-order valence-corrected chi connectivity index (χ3v) is 4.74. The third kappa shape index (κ3) is 4.11. The number of hydrogen-bond donors (Lipinski definition) is 1. The molecule has 6 heteroatoms. The first kappa shape index (κ1) is 19.1. The van der Waals surface area contributed by atoms with Crippen LogP contribution in [0.4, 0.5) is 5.69 Å². The largest absolute Gasteiger partial charge is 0.454 e. The summed E-state index contributed by atoms with van der Waals surface area (Å²) in [4.78, 5) is 25.5. The van der Waals surface area contributed by atoms with Gasteiger partial charge in [0.15, 0.2) is 11.5 Å². The molecule has 1 aliphatic heterocycles. The maximum Gasteiger partial charge on any atom is 0.258 e. The van der Waals surface area contributed by atoms with E-state index in [2.05, 4.69) is 26.1 Å². The van der Waals surface area contributed by atoms with Gasteiger partial charge in [0.1, 0.15) is 0 Å². The number of amides is 1. The van der Waals surface area contributed by atoms with Crippen LogP contribution in [-0.4, -0.2) is 17.3 Å². The molecule has 0 spiro atoms. The highest BCUT2D eigenvalue weighted by Crippen LogP contribution is 2.32. The second kappa shape index (κ2) is 7.28. The monoisotopic (exact) mass is 392 g/mol. The van der Waals surface area contributed by atoms with Gasteiger partial charge in [-0.1, -0.05) is 32.9 Å². The van der Waals surface area contributed by atoms with Crippen molar-refractivity contribution in [3.8, 4) is 11.5 Å². The van der Waals surface area contributed by atoms with Gasteiger partial charge in [0.25, 0.3) is 5.56 Å². The zero-order valence-corrected chi connectivity index (χ0v) is 16.8. The van der Waals surface area contributed by atoms with Crippen LogP contribution in [0.2, 0.25) is 0 Å². The Morgan fingerprint density at radius 3 is 2.66 bits per heavy atom. The summed E-state index contributed by atoms with van der Waals surface area (Å²) in [6, 6.07) is 12.8. The van der Waals surface area contributed by atoms with Crippen molar-refractivity contribution in [1.82, 2.24) is 4.57 Å². The van der Waals surface area contributed by atoms with E-state index in [4.69, 9.17) is 9.47 Å². The number of aromatic nitrogens is 1. The Morgan fingerprint density at radius 2 is 1.86 bits per heavy atom. The molecule has 150 valence electrons. The fraction of sp³-hybridized carbons (Fsp3) is 0.304. The van der Waals surface area contributed by atoms with Gasteiger partial charge in [0.2, 0.25) is 12.7 Å². The van der Waals surface area contributed by atoms with Crippen LogP contribution in [0.15, 0.2) is 53.5 Å². The molecule has 0 bridgehead atoms. The predicted molar refractivity (Wildman–Crippen MR) is 113 cm³/mol. The molecule has 0 unspecified atom stereocenters. The highest BCUT2D eigenvalue weighted by atomic mass is 16.7. The summed E-state index contributed by atoms with van der Waals surface area (Å²) in [5.41, 5.74) is 1.41. The zero-order chi connectivity index (χ0) is 20.6. The van der Waals surface area contributed by atoms with Gasteiger partial charge in [-0.3, -0.25) is 9.59 Å². The SMILES string of the molecule is CC(C)(C)Cn1ccc2c(NC(=O)Cc3ccc4c(c3)OCO4)cccc2c1=O. The quantitative estimate of drug-likeness (QED) is 0.730. The second-order valence-electron chi connectivity index (χ2n) is 8.49. The number of nitrogens with one attached hydrogen (secondary N) is 1. The normalized spacial score (nSPS) is 12.9. The molecule has 0 saturated heterocycles. The summed E-state index contributed by atoms with van der Waals surface area (Å²) in [7, 11) is 0. The molecule has 1 aliphatic rings. The van der Waals surface area contributed by atoms with Crippen LogP contribution < -0.4 is 20.3 Å². The molecule has 1 amide bonds. The number of nitrogens with zero attached hydrogens (tertiary/aromatic N) is 1. The number of carbonyl (C=O) groups excluding carboxylic acids is 1. The van der Waals surface area contributed by atoms with E-state index in [0.717, 1.165) is 10.9 Å². The molecular weight excluding hydrogens is 368 g/mol. The summed E-state index contributed by atoms with van der Waals surface area (Å²) in [5.74, 6) is 1.19. The molecule has 3 aromatic rings. The van der Waals surface area contributed by atoms with Crippen LogP contribution in [0.1, 0.15) is 26.3 Å². The molecule has 29 heavy (non-hydrogen) atoms. The van der Waals surface area contributed by atoms with E-state index in [9.17, 15) is 9.59 Å². The van der Waals surface area contributed by atoms with E-state index < -0.39 is 0 Å². The van der Waals surface area contributed by atoms with Crippen molar-refractivity contribution in [3.63, 3.8) is 0 Å². The summed E-state index contributed by atoms with van der Waals surface area (Å²) < 4.78 is 12.4. The van der Waals surface area contributed by atoms with E-state index in [1.54, 1.807) is 29.0 Å². The van der Waals surface area contributed by atoms with Crippen molar-refractivity contribution < 1.29 is 14.3 Å². The Hall–Kier alpha value is -3.28. The maximum absolute atomic E-state index is 12.9. The Morgan fingerprint density at radius 1 is 1.07 bits per heavy atom. The van der Waals surface area contributed by atoms with Gasteiger partial charge in [-0.25, -0.2) is 0 Å². The Labute approximate surface area is 169 Å². The Bertz CT molecular complexity index is 1140. The van der Waals surface area contributed by atoms with Gasteiger partial charge in [-0.15, -0.1) is 0 Å². The average molecular weight is 392 g/mol. The van der Waals surface area contributed by atoms with E-state index in [0.29, 0.717) is 29.1 Å². The lowest BCUT2D eigenvalue weighted by Gasteiger charge is -2.20. The predicted octanol–water partition coefficient (Wildman–Crippen LogP) is 3.96. The van der Waals surface area contributed by atoms with E-state index >= 15 is 0 Å². The molecule has 0 saturated carbocycles. The van der Waals surface area contributed by atoms with Crippen LogP contribution in [0, 0.1) is 5.41 Å². The molecule has 4 rings (SSSR count). The Kier molecular flexibility index (Phi) is 4.78. The summed E-state index contributed by atoms with van der Waals surface area (Å²) in [6.45, 7) is 7.11. The van der Waals surface area contributed by atoms with Crippen LogP contribution >= 0.6 is 0 Å². The number of ether oxygens (including phenoxy) is 2. The van der Waals surface area contributed by atoms with Crippen molar-refractivity contribution in [2.75, 3.05) is 12.1 Å². The minimum Gasteiger partial charge on any atom is -0.454 e. The number of pyridine rings is 1. The number of rotatable bonds is 4. The number of carbonyl (C=O) groups is 1. The summed E-state index contributed by atoms with van der Waals surface area (Å²) >= 11 is 0. The van der Waals surface area contributed by atoms with E-state index in [-0.39, 0.29) is 30.1 Å². The molecule has 0 radical (unpaired) electrons. The first-order valence-corrected chi connectivity index (χ1v) is 9.61. The van der Waals surface area contributed by atoms with Gasteiger partial charge in [0.05, 0.1) is 6.42 Å². The minimum absolute atomic E-state index is 0.00601. The third-order valence-electron chi connectivity index (χ3n) is 4.74. The zero-order valence-electron chi connectivity index (χ0n) is 16.8. The minimum atomic E-state index is -0.157. The van der Waals surface area contributed by atoms with Crippen molar-refractivity contribution in [1.29, 1.82) is 0 Å². The van der Waals surface area contributed by atoms with E-state index in [1.165, 1.54) is 0 Å². The summed E-state index contributed by atoms with van der Waals surface area (Å²) in [5, 5.41) is 4.27. The molecule has 1 aromatic heterocycles. The van der Waals surface area contributed by atoms with Crippen LogP contribution in [0.5, 0.6) is 11.5 Å². The van der Waals surface area contributed by atoms with E-state index in [1.807, 2.05) is 24.3 Å². The molecule has 0 aliphatic carbocycles. The smallest absolute Gasteiger partial charge is 0.258 e. The molecule has 2 heterocycles. The van der Waals surface area contributed by atoms with Gasteiger partial charge in [-0.2, -0.15) is 0 Å². The first-order chi connectivity index (χ1) is 13.8. The van der Waals surface area contributed by atoms with Gasteiger partial charge in [0, 0.05) is 29.2 Å². The van der Waals surface area contributed by atoms with Crippen LogP contribution in [0.25, 0.3) is 10.8 Å². The maximum atomic E-state index is 12.9. The molecular formula is C23H24N2O4. The lowest BCUT2D eigenvalue weighted by molar-refractivity contribution is -0.115. The van der Waals surface area contributed by atoms with Crippen LogP contribution in [-0.2, 0) is 17.8 Å².